The Labute approximate surface area is 858 Å². The Hall–Kier alpha value is -14.1. The molecular formula is C97H151N27O24. The molecule has 16 amide bonds. The lowest BCUT2D eigenvalue weighted by Crippen LogP contribution is -2.61. The molecule has 2 aromatic heterocycles. The number of aliphatic hydroxyl groups excluding tert-OH is 2. The number of carbonyl (C=O) groups excluding carboxylic acids is 16. The lowest BCUT2D eigenvalue weighted by atomic mass is 10.0. The molecule has 0 aliphatic carbocycles. The van der Waals surface area contributed by atoms with E-state index in [1.165, 1.54) is 63.9 Å². The van der Waals surface area contributed by atoms with Gasteiger partial charge in [-0.3, -0.25) is 102 Å². The molecular weight excluding hydrogens is 1930 g/mol. The largest absolute Gasteiger partial charge is 0.480 e. The van der Waals surface area contributed by atoms with E-state index in [1.807, 2.05) is 0 Å². The number of H-pyrrole nitrogens is 2. The van der Waals surface area contributed by atoms with E-state index in [1.54, 1.807) is 67.7 Å². The first kappa shape index (κ1) is 121. The van der Waals surface area contributed by atoms with Gasteiger partial charge in [-0.05, 0) is 107 Å². The van der Waals surface area contributed by atoms with Crippen LogP contribution in [0.25, 0.3) is 10.9 Å². The molecule has 51 heteroatoms. The van der Waals surface area contributed by atoms with Crippen LogP contribution in [0.5, 0.6) is 0 Å². The molecule has 7 rings (SSSR count). The Balaban J connectivity index is 1.03. The number of imidazole rings is 1. The molecule has 4 aromatic rings. The molecule has 818 valence electrons. The number of carboxylic acid groups (broad SMARTS) is 2. The highest BCUT2D eigenvalue weighted by Gasteiger charge is 2.45. The zero-order chi connectivity index (χ0) is 107. The van der Waals surface area contributed by atoms with Crippen LogP contribution < -0.4 is 108 Å². The summed E-state index contributed by atoms with van der Waals surface area (Å²) in [5, 5.41) is 90.2. The van der Waals surface area contributed by atoms with Crippen LogP contribution in [-0.2, 0) is 115 Å². The first-order valence-corrected chi connectivity index (χ1v) is 51.0. The summed E-state index contributed by atoms with van der Waals surface area (Å²) in [6, 6.07) is -2.50. The van der Waals surface area contributed by atoms with E-state index in [-0.39, 0.29) is 135 Å². The zero-order valence-corrected chi connectivity index (χ0v) is 84.1. The van der Waals surface area contributed by atoms with Crippen molar-refractivity contribution in [3.05, 3.63) is 90.1 Å². The van der Waals surface area contributed by atoms with Gasteiger partial charge in [0.1, 0.15) is 78.9 Å². The number of rotatable bonds is 64. The van der Waals surface area contributed by atoms with Crippen molar-refractivity contribution in [2.75, 3.05) is 85.4 Å². The highest BCUT2D eigenvalue weighted by molar-refractivity contribution is 6.01. The first-order valence-electron chi connectivity index (χ1n) is 51.0. The molecule has 0 bridgehead atoms. The number of hydrogen-bond acceptors (Lipinski definition) is 29. The second-order valence-corrected chi connectivity index (χ2v) is 37.0. The van der Waals surface area contributed by atoms with Crippen LogP contribution in [0.3, 0.4) is 0 Å². The van der Waals surface area contributed by atoms with E-state index in [0.717, 1.165) is 54.2 Å². The van der Waals surface area contributed by atoms with Gasteiger partial charge in [-0.1, -0.05) is 139 Å². The summed E-state index contributed by atoms with van der Waals surface area (Å²) in [7, 11) is 0. The topological polar surface area (TPSA) is 776 Å². The lowest BCUT2D eigenvalue weighted by molar-refractivity contribution is -0.143. The number of unbranched alkanes of at least 4 members (excludes halogenated alkanes) is 14. The maximum Gasteiger partial charge on any atom is 0.317 e. The number of primary amides is 2. The second kappa shape index (κ2) is 67.7. The fraction of sp³-hybridized carbons (Fsp3) is 0.619. The average molecular weight is 2080 g/mol. The number of amides is 16. The Morgan fingerprint density at radius 2 is 1.20 bits per heavy atom. The monoisotopic (exact) mass is 2080 g/mol. The van der Waals surface area contributed by atoms with Crippen molar-refractivity contribution in [2.24, 2.45) is 22.3 Å². The number of hydrogen-bond donors (Lipinski definition) is 27. The van der Waals surface area contributed by atoms with E-state index in [0.29, 0.717) is 34.9 Å². The van der Waals surface area contributed by atoms with Gasteiger partial charge in [0.05, 0.1) is 64.2 Å². The number of aromatic nitrogens is 3. The molecule has 3 aliphatic rings. The van der Waals surface area contributed by atoms with Gasteiger partial charge < -0.3 is 136 Å². The number of aliphatic carboxylic acids is 2. The van der Waals surface area contributed by atoms with E-state index in [9.17, 15) is 78.0 Å². The zero-order valence-electron chi connectivity index (χ0n) is 84.1. The Morgan fingerprint density at radius 3 is 1.84 bits per heavy atom. The molecule has 0 spiro atoms. The number of amidine groups is 1. The molecule has 51 nitrogen and oxygen atoms in total. The fourth-order valence-electron chi connectivity index (χ4n) is 17.0. The van der Waals surface area contributed by atoms with Crippen molar-refractivity contribution in [1.29, 1.82) is 5.41 Å². The fourth-order valence-corrected chi connectivity index (χ4v) is 17.0. The molecule has 2 fully saturated rings. The van der Waals surface area contributed by atoms with Gasteiger partial charge in [0.15, 0.2) is 5.96 Å². The number of para-hydroxylation sites is 1. The third kappa shape index (κ3) is 46.8. The van der Waals surface area contributed by atoms with Crippen molar-refractivity contribution in [2.45, 2.75) is 298 Å². The number of benzene rings is 2. The van der Waals surface area contributed by atoms with E-state index < -0.39 is 257 Å². The number of hydrazine groups is 2. The highest BCUT2D eigenvalue weighted by atomic mass is 16.5. The van der Waals surface area contributed by atoms with Crippen molar-refractivity contribution >= 4 is 129 Å². The summed E-state index contributed by atoms with van der Waals surface area (Å²) in [6.45, 7) is -2.32. The number of ether oxygens (including phenoxy) is 2. The number of guanidine groups is 1. The average Bonchev–Trinajstić information content (AvgIpc) is 1.67. The maximum absolute atomic E-state index is 15.6. The number of hydrazone groups is 1. The molecule has 2 saturated heterocycles. The number of carboxylic acids is 2. The van der Waals surface area contributed by atoms with E-state index in [4.69, 9.17) is 32.1 Å². The van der Waals surface area contributed by atoms with Crippen LogP contribution in [0.2, 0.25) is 0 Å². The minimum Gasteiger partial charge on any atom is -0.480 e. The smallest absolute Gasteiger partial charge is 0.317 e. The van der Waals surface area contributed by atoms with Crippen LogP contribution in [0.1, 0.15) is 223 Å². The van der Waals surface area contributed by atoms with Gasteiger partial charge in [0.25, 0.3) is 0 Å². The van der Waals surface area contributed by atoms with Crippen LogP contribution in [-0.4, -0.2) is 321 Å². The van der Waals surface area contributed by atoms with Crippen molar-refractivity contribution in [1.82, 2.24) is 116 Å². The number of nitrogens with zero attached hydrogens (tertiary/aromatic N) is 4. The summed E-state index contributed by atoms with van der Waals surface area (Å²) in [6.07, 6.45) is 15.6. The predicted octanol–water partition coefficient (Wildman–Crippen LogP) is -3.31. The van der Waals surface area contributed by atoms with Crippen LogP contribution >= 0.6 is 0 Å². The normalized spacial score (nSPS) is 18.6. The first-order chi connectivity index (χ1) is 71.2. The van der Waals surface area contributed by atoms with Crippen LogP contribution in [0.15, 0.2) is 78.4 Å². The number of carbonyl (C=O) groups is 18. The van der Waals surface area contributed by atoms with Gasteiger partial charge in [0.2, 0.25) is 94.5 Å². The van der Waals surface area contributed by atoms with Crippen LogP contribution in [0, 0.1) is 5.41 Å². The van der Waals surface area contributed by atoms with Crippen LogP contribution in [0.4, 0.5) is 0 Å². The molecule has 5 heterocycles. The summed E-state index contributed by atoms with van der Waals surface area (Å²) < 4.78 is 10.9. The SMILES string of the molecule is CCCC[C@H](NC(=O)[C@H](CCCCN(CC(=O)O)CC(=O)O)NC(=O)[C@H](Cc1c[nH]cn1)NC(=O)[C@H](CCC(N)=O)NC(=O)[C@H](CO)NC(=O)CNC(=O)COCCOCCNC(=O)CCCCCCCCCCCCCCCC1=NNNN1)C(=O)N[C@H]1CCC(=O)NCCCC[C@@H](C(N)=O)NC(=O)[C@H](Cc2c[nH]c3ccccc23)NC(=O)[C@H](CCCNC(=N)N)NC(=O)[C@@H](Cc2ccccc2)NC(=O)[C@@H]2C[C@@H](O)CN2C1=O. The Kier molecular flexibility index (Phi) is 55.3. The minimum atomic E-state index is -1.82. The maximum atomic E-state index is 15.6. The second-order valence-electron chi connectivity index (χ2n) is 37.0. The van der Waals surface area contributed by atoms with Gasteiger partial charge >= 0.3 is 11.9 Å². The molecule has 0 radical (unpaired) electrons. The molecule has 0 saturated carbocycles. The summed E-state index contributed by atoms with van der Waals surface area (Å²) in [5.41, 5.74) is 27.3. The number of nitrogens with one attached hydrogen (secondary N) is 20. The number of fused-ring (bicyclic) bond motifs is 2. The molecule has 3 aliphatic heterocycles. The molecule has 2 aromatic carbocycles. The van der Waals surface area contributed by atoms with Gasteiger partial charge in [-0.15, -0.1) is 10.6 Å². The number of nitrogens with two attached hydrogens (primary N) is 3. The third-order valence-corrected chi connectivity index (χ3v) is 25.0. The quantitative estimate of drug-likeness (QED) is 0.0117. The standard InChI is InChI=1S/C97H151N27O24/c1-2-3-30-68(88(138)115-72-38-40-81(129)103-41-24-22-32-67(86(99)136)110-92(142)74(49-62-52-106-66-31-21-20-29-65(62)66)116-89(139)70(34-26-42-105-97(100)101)113-91(141)73(48-61-27-16-15-17-28-61)118-95(145)77-51-64(126)55-124(77)96(72)146)111-87(137)69(33-23-25-44-123(56-84(132)133)57-85(134)135)112-93(143)75(50-63-53-102-60-108-63)117-90(140)71(37-39-78(98)127)114-94(144)76(58-125)109-82(130)54-107-83(131)59-148-47-46-147-45-43-104-80(128)36-19-14-12-10-8-6-4-5-7-9-11-13-18-35-79-119-121-122-120-79/h15-17,20-21,27-29,31,52-53,60,64,67-77,106,121-122,125-126H,2-14,18-19,22-26,30,32-51,54-59H2,1H3,(H2,98,127)(H2,99,136)(H,102,108)(H,103,129)(H,104,128)(H,107,131)(H,109,130)(H,110,142)(H,111,137)(H,112,143)(H,113,141)(H,114,144)(H,115,138)(H,116,139)(H,117,140)(H,118,145)(H,119,120)(H,132,133)(H,134,135)(H4,100,101,105)/t64-,67+,68+,69+,70+,71+,72+,73-,74+,75+,76+,77+/m1/s1. The number of aromatic amines is 2. The van der Waals surface area contributed by atoms with Gasteiger partial charge in [-0.2, -0.15) is 0 Å². The summed E-state index contributed by atoms with van der Waals surface area (Å²) >= 11 is 0. The van der Waals surface area contributed by atoms with Crippen molar-refractivity contribution < 1.29 is 116 Å². The molecule has 148 heavy (non-hydrogen) atoms. The summed E-state index contributed by atoms with van der Waals surface area (Å²) in [5.74, 6) is -17.0. The Morgan fingerprint density at radius 1 is 0.588 bits per heavy atom. The van der Waals surface area contributed by atoms with Gasteiger partial charge in [-0.25, -0.2) is 10.5 Å². The minimum absolute atomic E-state index is 0.0276. The molecule has 0 unspecified atom stereocenters. The molecule has 12 atom stereocenters. The third-order valence-electron chi connectivity index (χ3n) is 25.0. The number of aliphatic hydroxyl groups is 2. The molecule has 30 N–H and O–H groups in total. The van der Waals surface area contributed by atoms with E-state index in [2.05, 4.69) is 111 Å². The Bertz CT molecular complexity index is 4960. The predicted molar refractivity (Wildman–Crippen MR) is 539 cm³/mol. The van der Waals surface area contributed by atoms with E-state index >= 15 is 28.8 Å². The summed E-state index contributed by atoms with van der Waals surface area (Å²) in [4.78, 5) is 263. The van der Waals surface area contributed by atoms with Crippen molar-refractivity contribution in [3.8, 4) is 0 Å². The van der Waals surface area contributed by atoms with Crippen molar-refractivity contribution in [3.63, 3.8) is 0 Å². The van der Waals surface area contributed by atoms with Gasteiger partial charge in [0, 0.05) is 101 Å². The highest BCUT2D eigenvalue weighted by Crippen LogP contribution is 2.25. The lowest BCUT2D eigenvalue weighted by Gasteiger charge is -2.31.